The topological polar surface area (TPSA) is 345 Å². The van der Waals surface area contributed by atoms with E-state index in [1.54, 1.807) is 19.1 Å². The van der Waals surface area contributed by atoms with E-state index in [2.05, 4.69) is 54.8 Å². The third kappa shape index (κ3) is 35.1. The fraction of sp³-hybridized carbons (Fsp3) is 0.667. The highest BCUT2D eigenvalue weighted by Crippen LogP contribution is 2.31. The number of nitrogens with one attached hydrogen (secondary N) is 9. The monoisotopic (exact) mass is 1240 g/mol. The number of halogens is 3. The molecule has 2 unspecified atom stereocenters. The Hall–Kier alpha value is -6.67. The third-order valence-corrected chi connectivity index (χ3v) is 15.0. The van der Waals surface area contributed by atoms with Crippen LogP contribution in [0.5, 0.6) is 0 Å². The van der Waals surface area contributed by atoms with Gasteiger partial charge >= 0.3 is 12.1 Å². The van der Waals surface area contributed by atoms with Gasteiger partial charge in [-0.3, -0.25) is 47.9 Å². The Labute approximate surface area is 508 Å². The van der Waals surface area contributed by atoms with Gasteiger partial charge in [0.2, 0.25) is 47.3 Å². The lowest BCUT2D eigenvalue weighted by Gasteiger charge is -2.27. The van der Waals surface area contributed by atoms with Gasteiger partial charge < -0.3 is 63.8 Å². The van der Waals surface area contributed by atoms with Gasteiger partial charge in [0.25, 0.3) is 5.91 Å². The molecule has 0 bridgehead atoms. The number of aliphatic hydroxyl groups is 1. The Kier molecular flexibility index (Phi) is 39.5. The van der Waals surface area contributed by atoms with Crippen LogP contribution in [0.15, 0.2) is 41.8 Å². The van der Waals surface area contributed by atoms with Crippen molar-refractivity contribution in [2.75, 3.05) is 32.7 Å². The molecule has 1 heterocycles. The van der Waals surface area contributed by atoms with Gasteiger partial charge in [0, 0.05) is 71.4 Å². The van der Waals surface area contributed by atoms with Crippen molar-refractivity contribution in [1.29, 1.82) is 0 Å². The second-order valence-corrected chi connectivity index (χ2v) is 22.6. The number of benzene rings is 1. The Morgan fingerprint density at radius 3 is 1.65 bits per heavy atom. The van der Waals surface area contributed by atoms with Crippen LogP contribution in [-0.4, -0.2) is 132 Å². The van der Waals surface area contributed by atoms with Crippen LogP contribution >= 0.6 is 11.3 Å². The first-order valence-electron chi connectivity index (χ1n) is 30.1. The Bertz CT molecular complexity index is 2370. The molecule has 1 aromatic carbocycles. The first-order valence-corrected chi connectivity index (χ1v) is 31.0. The maximum Gasteiger partial charge on any atom is 0.416 e. The number of alkyl halides is 3. The van der Waals surface area contributed by atoms with Gasteiger partial charge in [-0.1, -0.05) is 52.3 Å². The fourth-order valence-corrected chi connectivity index (χ4v) is 9.41. The number of carboxylic acids is 1. The van der Waals surface area contributed by atoms with Gasteiger partial charge in [0.15, 0.2) is 0 Å². The number of carboxylic acid groups (broad SMARTS) is 1. The SMILES string of the molecule is CCC(C)C(=O)NCCCCC(NC(C)=O)C(=O)NCc1cccc(C(F)(F)F)c1.CCC1CCC(C(=O)NCCCC[C@H](NC(=O)c2cccs2)C(=O)NC[C@@H](C)O)CC1.CCCNC(=O)[C@@H](CCCCNC(=O)[C@@H](N)CCC(=O)O)NC(C)=O. The number of hydrogen-bond acceptors (Lipinski definition) is 13. The normalized spacial score (nSPS) is 15.7. The summed E-state index contributed by atoms with van der Waals surface area (Å²) in [6.45, 7) is 14.2. The minimum absolute atomic E-state index is 0.0188. The van der Waals surface area contributed by atoms with E-state index in [4.69, 9.17) is 10.8 Å². The molecule has 0 spiro atoms. The molecular weight excluding hydrogens is 1140 g/mol. The number of thiophene rings is 1. The molecule has 1 aromatic heterocycles. The number of rotatable bonds is 36. The molecule has 13 N–H and O–H groups in total. The van der Waals surface area contributed by atoms with Crippen LogP contribution in [0.3, 0.4) is 0 Å². The van der Waals surface area contributed by atoms with Crippen molar-refractivity contribution in [3.05, 3.63) is 57.8 Å². The van der Waals surface area contributed by atoms with Crippen LogP contribution in [0.2, 0.25) is 0 Å². The molecule has 1 fully saturated rings. The molecule has 9 amide bonds. The molecule has 486 valence electrons. The molecule has 22 nitrogen and oxygen atoms in total. The Morgan fingerprint density at radius 1 is 0.640 bits per heavy atom. The number of amides is 9. The average Bonchev–Trinajstić information content (AvgIpc) is 4.17. The van der Waals surface area contributed by atoms with Gasteiger partial charge in [0.1, 0.15) is 18.1 Å². The van der Waals surface area contributed by atoms with E-state index < -0.39 is 53.9 Å². The second-order valence-electron chi connectivity index (χ2n) is 21.6. The molecule has 0 radical (unpaired) electrons. The molecule has 6 atom stereocenters. The first-order chi connectivity index (χ1) is 40.7. The number of aliphatic hydroxyl groups excluding tert-OH is 1. The molecule has 86 heavy (non-hydrogen) atoms. The summed E-state index contributed by atoms with van der Waals surface area (Å²) < 4.78 is 38.4. The number of aliphatic carboxylic acids is 1. The van der Waals surface area contributed by atoms with E-state index in [1.165, 1.54) is 43.7 Å². The van der Waals surface area contributed by atoms with Gasteiger partial charge in [-0.2, -0.15) is 13.2 Å². The molecule has 1 aliphatic carbocycles. The van der Waals surface area contributed by atoms with Crippen molar-refractivity contribution >= 4 is 70.5 Å². The van der Waals surface area contributed by atoms with Crippen LogP contribution in [0.4, 0.5) is 13.2 Å². The standard InChI is InChI=1S/C23H37N3O4S.C21H30F3N3O3.C16H30N4O5/c1-3-17-9-11-18(12-10-17)21(28)24-13-5-4-7-19(22(29)25-15-16(2)27)26-23(30)20-8-6-14-31-20;1-4-14(2)19(29)25-11-6-5-10-18(27-15(3)28)20(30)26-13-16-8-7-9-17(12-16)21(22,23)24;1-3-9-18-16(25)13(20-11(2)21)6-4-5-10-19-15(24)12(17)7-8-14(22)23/h6,8,14,16-19,27H,3-5,7,9-13,15H2,1-2H3,(H,24,28)(H,25,29)(H,26,30);7-9,12,14,18H,4-6,10-11,13H2,1-3H3,(H,25,29)(H,26,30)(H,27,28);12-13H,3-10,17H2,1-2H3,(H,18,25)(H,19,24)(H,20,21)(H,22,23)/t16-,17?,18?,19+;;12-,13+/m1.0/s1. The van der Waals surface area contributed by atoms with E-state index in [1.807, 2.05) is 26.2 Å². The summed E-state index contributed by atoms with van der Waals surface area (Å²) in [6.07, 6.45) is 7.03. The smallest absolute Gasteiger partial charge is 0.416 e. The van der Waals surface area contributed by atoms with Crippen molar-refractivity contribution in [3.63, 3.8) is 0 Å². The van der Waals surface area contributed by atoms with Crippen LogP contribution in [0.25, 0.3) is 0 Å². The van der Waals surface area contributed by atoms with Crippen LogP contribution in [-0.2, 0) is 55.9 Å². The van der Waals surface area contributed by atoms with E-state index in [0.29, 0.717) is 88.0 Å². The van der Waals surface area contributed by atoms with Crippen LogP contribution in [0.1, 0.15) is 185 Å². The number of unbranched alkanes of at least 4 members (excludes halogenated alkanes) is 3. The van der Waals surface area contributed by atoms with Crippen molar-refractivity contribution in [1.82, 2.24) is 47.9 Å². The molecule has 0 saturated heterocycles. The molecule has 26 heteroatoms. The molecule has 0 aliphatic heterocycles. The summed E-state index contributed by atoms with van der Waals surface area (Å²) in [5.74, 6) is -2.31. The summed E-state index contributed by atoms with van der Waals surface area (Å²) in [6, 6.07) is 5.33. The quantitative estimate of drug-likeness (QED) is 0.0376. The minimum Gasteiger partial charge on any atom is -0.481 e. The number of carbonyl (C=O) groups excluding carboxylic acids is 9. The zero-order valence-electron chi connectivity index (χ0n) is 51.2. The number of nitrogens with two attached hydrogens (primary N) is 1. The lowest BCUT2D eigenvalue weighted by molar-refractivity contribution is -0.138. The maximum absolute atomic E-state index is 12.8. The maximum atomic E-state index is 12.8. The van der Waals surface area contributed by atoms with E-state index in [9.17, 15) is 66.2 Å². The van der Waals surface area contributed by atoms with Gasteiger partial charge in [0.05, 0.1) is 22.6 Å². The zero-order valence-corrected chi connectivity index (χ0v) is 52.0. The van der Waals surface area contributed by atoms with Gasteiger partial charge in [-0.05, 0) is 145 Å². The number of carbonyl (C=O) groups is 10. The lowest BCUT2D eigenvalue weighted by Crippen LogP contribution is -2.48. The second kappa shape index (κ2) is 43.9. The van der Waals surface area contributed by atoms with Crippen molar-refractivity contribution in [3.8, 4) is 0 Å². The first kappa shape index (κ1) is 77.3. The van der Waals surface area contributed by atoms with Crippen molar-refractivity contribution in [2.24, 2.45) is 23.5 Å². The zero-order chi connectivity index (χ0) is 64.6. The summed E-state index contributed by atoms with van der Waals surface area (Å²) in [7, 11) is 0. The van der Waals surface area contributed by atoms with Gasteiger partial charge in [-0.25, -0.2) is 0 Å². The summed E-state index contributed by atoms with van der Waals surface area (Å²) in [5.41, 5.74) is 5.12. The molecule has 1 saturated carbocycles. The molecule has 3 rings (SSSR count). The molecule has 2 aromatic rings. The fourth-order valence-electron chi connectivity index (χ4n) is 8.78. The molecule has 1 aliphatic rings. The Morgan fingerprint density at radius 2 is 1.16 bits per heavy atom. The van der Waals surface area contributed by atoms with Crippen molar-refractivity contribution < 1.29 is 71.3 Å². The highest BCUT2D eigenvalue weighted by molar-refractivity contribution is 7.12. The predicted molar refractivity (Wildman–Crippen MR) is 323 cm³/mol. The van der Waals surface area contributed by atoms with E-state index >= 15 is 0 Å². The molecular formula is C60H97F3N10O12S. The van der Waals surface area contributed by atoms with Crippen LogP contribution < -0.4 is 53.6 Å². The number of hydrogen-bond donors (Lipinski definition) is 12. The van der Waals surface area contributed by atoms with Crippen LogP contribution in [0, 0.1) is 17.8 Å². The van der Waals surface area contributed by atoms with Crippen molar-refractivity contribution in [2.45, 2.75) is 207 Å². The third-order valence-electron chi connectivity index (χ3n) is 14.1. The van der Waals surface area contributed by atoms with Gasteiger partial charge in [-0.15, -0.1) is 11.3 Å². The average molecular weight is 1240 g/mol. The highest BCUT2D eigenvalue weighted by atomic mass is 32.1. The largest absolute Gasteiger partial charge is 0.481 e. The Balaban J connectivity index is 0.000000650. The summed E-state index contributed by atoms with van der Waals surface area (Å²) in [4.78, 5) is 119. The highest BCUT2D eigenvalue weighted by Gasteiger charge is 2.31. The summed E-state index contributed by atoms with van der Waals surface area (Å²) >= 11 is 1.32. The summed E-state index contributed by atoms with van der Waals surface area (Å²) in [5, 5.41) is 44.2. The minimum atomic E-state index is -4.46. The van der Waals surface area contributed by atoms with E-state index in [-0.39, 0.29) is 85.0 Å². The lowest BCUT2D eigenvalue weighted by atomic mass is 9.80. The van der Waals surface area contributed by atoms with E-state index in [0.717, 1.165) is 63.0 Å². The predicted octanol–water partition coefficient (Wildman–Crippen LogP) is 5.50.